The first-order chi connectivity index (χ1) is 11.1. The molecular weight excluding hydrogens is 290 g/mol. The number of amides is 1. The summed E-state index contributed by atoms with van der Waals surface area (Å²) in [5.41, 5.74) is 7.82. The molecule has 2 N–H and O–H groups in total. The van der Waals surface area contributed by atoms with Gasteiger partial charge in [0.1, 0.15) is 0 Å². The highest BCUT2D eigenvalue weighted by Crippen LogP contribution is 2.15. The molecule has 1 fully saturated rings. The van der Waals surface area contributed by atoms with Crippen LogP contribution in [0.2, 0.25) is 0 Å². The van der Waals surface area contributed by atoms with Crippen LogP contribution < -0.4 is 5.73 Å². The Kier molecular flexibility index (Phi) is 4.67. The van der Waals surface area contributed by atoms with Crippen LogP contribution in [0.25, 0.3) is 0 Å². The van der Waals surface area contributed by atoms with E-state index in [-0.39, 0.29) is 5.91 Å². The summed E-state index contributed by atoms with van der Waals surface area (Å²) in [7, 11) is 0. The van der Waals surface area contributed by atoms with E-state index in [9.17, 15) is 4.79 Å². The van der Waals surface area contributed by atoms with Crippen LogP contribution >= 0.6 is 0 Å². The lowest BCUT2D eigenvalue weighted by molar-refractivity contribution is 0.0553. The van der Waals surface area contributed by atoms with Crippen molar-refractivity contribution in [3.63, 3.8) is 0 Å². The van der Waals surface area contributed by atoms with E-state index in [1.165, 1.54) is 11.8 Å². The van der Waals surface area contributed by atoms with Crippen LogP contribution in [0.1, 0.15) is 23.0 Å². The second-order valence-electron chi connectivity index (χ2n) is 6.10. The number of carbonyl (C=O) groups is 1. The highest BCUT2D eigenvalue weighted by atomic mass is 16.3. The monoisotopic (exact) mass is 313 g/mol. The van der Waals surface area contributed by atoms with E-state index in [0.29, 0.717) is 11.8 Å². The first kappa shape index (κ1) is 15.6. The molecule has 5 heteroatoms. The van der Waals surface area contributed by atoms with Crippen molar-refractivity contribution in [3.8, 4) is 0 Å². The lowest BCUT2D eigenvalue weighted by Gasteiger charge is -2.37. The fraction of sp³-hybridized carbons (Fsp3) is 0.389. The summed E-state index contributed by atoms with van der Waals surface area (Å²) >= 11 is 0. The van der Waals surface area contributed by atoms with Crippen LogP contribution in [0, 0.1) is 0 Å². The molecule has 122 valence electrons. The number of nitrogen functional groups attached to an aromatic ring is 1. The molecule has 23 heavy (non-hydrogen) atoms. The summed E-state index contributed by atoms with van der Waals surface area (Å²) in [5, 5.41) is 0. The van der Waals surface area contributed by atoms with Gasteiger partial charge in [0.2, 0.25) is 0 Å². The maximum Gasteiger partial charge on any atom is 0.289 e. The summed E-state index contributed by atoms with van der Waals surface area (Å²) in [4.78, 5) is 16.6. The quantitative estimate of drug-likeness (QED) is 0.880. The summed E-state index contributed by atoms with van der Waals surface area (Å²) < 4.78 is 5.20. The van der Waals surface area contributed by atoms with Gasteiger partial charge < -0.3 is 15.1 Å². The van der Waals surface area contributed by atoms with E-state index in [0.717, 1.165) is 38.3 Å². The maximum absolute atomic E-state index is 12.3. The van der Waals surface area contributed by atoms with Crippen LogP contribution in [-0.4, -0.2) is 47.9 Å². The number of benzene rings is 1. The molecule has 0 bridgehead atoms. The van der Waals surface area contributed by atoms with Crippen molar-refractivity contribution in [2.45, 2.75) is 19.4 Å². The van der Waals surface area contributed by atoms with Crippen LogP contribution in [0.3, 0.4) is 0 Å². The van der Waals surface area contributed by atoms with Crippen molar-refractivity contribution in [2.24, 2.45) is 0 Å². The minimum absolute atomic E-state index is 0.0131. The number of hydrogen-bond acceptors (Lipinski definition) is 4. The predicted molar refractivity (Wildman–Crippen MR) is 90.2 cm³/mol. The van der Waals surface area contributed by atoms with E-state index in [1.54, 1.807) is 12.1 Å². The molecule has 1 aliphatic heterocycles. The van der Waals surface area contributed by atoms with Gasteiger partial charge in [0.15, 0.2) is 5.76 Å². The molecule has 5 nitrogen and oxygen atoms in total. The predicted octanol–water partition coefficient (Wildman–Crippen LogP) is 2.25. The molecule has 2 heterocycles. The van der Waals surface area contributed by atoms with E-state index in [2.05, 4.69) is 24.0 Å². The lowest BCUT2D eigenvalue weighted by atomic mass is 10.0. The molecule has 1 aromatic carbocycles. The molecule has 1 aromatic heterocycles. The van der Waals surface area contributed by atoms with Crippen molar-refractivity contribution in [1.29, 1.82) is 0 Å². The number of furan rings is 1. The minimum Gasteiger partial charge on any atom is -0.459 e. The van der Waals surface area contributed by atoms with Gasteiger partial charge in [-0.05, 0) is 43.2 Å². The highest BCUT2D eigenvalue weighted by Gasteiger charge is 2.25. The van der Waals surface area contributed by atoms with Crippen LogP contribution in [0.15, 0.2) is 47.1 Å². The summed E-state index contributed by atoms with van der Waals surface area (Å²) in [6.45, 7) is 5.50. The van der Waals surface area contributed by atoms with E-state index < -0.39 is 0 Å². The number of anilines is 1. The molecular formula is C18H23N3O2. The Bertz CT molecular complexity index is 629. The van der Waals surface area contributed by atoms with Crippen LogP contribution in [0.4, 0.5) is 5.69 Å². The van der Waals surface area contributed by atoms with Gasteiger partial charge in [0.05, 0.1) is 6.26 Å². The molecule has 1 amide bonds. The molecule has 0 aliphatic carbocycles. The minimum atomic E-state index is -0.0131. The van der Waals surface area contributed by atoms with Gasteiger partial charge in [-0.25, -0.2) is 0 Å². The molecule has 3 rings (SSSR count). The smallest absolute Gasteiger partial charge is 0.289 e. The topological polar surface area (TPSA) is 62.7 Å². The number of carbonyl (C=O) groups excluding carboxylic acids is 1. The van der Waals surface area contributed by atoms with Gasteiger partial charge in [-0.15, -0.1) is 0 Å². The molecule has 1 aliphatic rings. The largest absolute Gasteiger partial charge is 0.459 e. The van der Waals surface area contributed by atoms with Gasteiger partial charge in [0, 0.05) is 37.9 Å². The third-order valence-electron chi connectivity index (χ3n) is 4.47. The zero-order valence-corrected chi connectivity index (χ0v) is 13.4. The number of hydrogen-bond donors (Lipinski definition) is 1. The Labute approximate surface area is 136 Å². The first-order valence-corrected chi connectivity index (χ1v) is 8.05. The molecule has 0 radical (unpaired) electrons. The number of rotatable bonds is 4. The van der Waals surface area contributed by atoms with E-state index in [1.807, 2.05) is 17.0 Å². The summed E-state index contributed by atoms with van der Waals surface area (Å²) in [6.07, 6.45) is 2.53. The Morgan fingerprint density at radius 1 is 1.17 bits per heavy atom. The van der Waals surface area contributed by atoms with Gasteiger partial charge in [-0.1, -0.05) is 12.1 Å². The van der Waals surface area contributed by atoms with Gasteiger partial charge >= 0.3 is 0 Å². The first-order valence-electron chi connectivity index (χ1n) is 8.05. The lowest BCUT2D eigenvalue weighted by Crippen LogP contribution is -2.51. The fourth-order valence-corrected chi connectivity index (χ4v) is 3.05. The molecule has 1 unspecified atom stereocenters. The standard InChI is InChI=1S/C18H23N3O2/c1-14(13-15-4-6-16(19)7-5-15)20-8-10-21(11-9-20)18(22)17-3-2-12-23-17/h2-7,12,14H,8-11,13,19H2,1H3. The average molecular weight is 313 g/mol. The van der Waals surface area contributed by atoms with Crippen molar-refractivity contribution < 1.29 is 9.21 Å². The van der Waals surface area contributed by atoms with Crippen molar-refractivity contribution in [1.82, 2.24) is 9.80 Å². The Hall–Kier alpha value is -2.27. The second kappa shape index (κ2) is 6.87. The molecule has 0 saturated carbocycles. The van der Waals surface area contributed by atoms with E-state index >= 15 is 0 Å². The van der Waals surface area contributed by atoms with Crippen molar-refractivity contribution in [3.05, 3.63) is 54.0 Å². The SMILES string of the molecule is CC(Cc1ccc(N)cc1)N1CCN(C(=O)c2ccco2)CC1. The fourth-order valence-electron chi connectivity index (χ4n) is 3.05. The Morgan fingerprint density at radius 3 is 2.48 bits per heavy atom. The number of nitrogens with two attached hydrogens (primary N) is 1. The van der Waals surface area contributed by atoms with Crippen LogP contribution in [-0.2, 0) is 6.42 Å². The summed E-state index contributed by atoms with van der Waals surface area (Å²) in [6, 6.07) is 12.0. The Balaban J connectivity index is 1.52. The molecule has 2 aromatic rings. The number of piperazine rings is 1. The normalized spacial score (nSPS) is 17.2. The zero-order valence-electron chi connectivity index (χ0n) is 13.4. The van der Waals surface area contributed by atoms with E-state index in [4.69, 9.17) is 10.2 Å². The third kappa shape index (κ3) is 3.74. The zero-order chi connectivity index (χ0) is 16.2. The van der Waals surface area contributed by atoms with Gasteiger partial charge in [0.25, 0.3) is 5.91 Å². The molecule has 1 atom stereocenters. The van der Waals surface area contributed by atoms with Crippen molar-refractivity contribution in [2.75, 3.05) is 31.9 Å². The van der Waals surface area contributed by atoms with Crippen LogP contribution in [0.5, 0.6) is 0 Å². The van der Waals surface area contributed by atoms with Crippen molar-refractivity contribution >= 4 is 11.6 Å². The van der Waals surface area contributed by atoms with Gasteiger partial charge in [-0.3, -0.25) is 9.69 Å². The molecule has 1 saturated heterocycles. The average Bonchev–Trinajstić information content (AvgIpc) is 3.11. The Morgan fingerprint density at radius 2 is 1.87 bits per heavy atom. The highest BCUT2D eigenvalue weighted by molar-refractivity contribution is 5.91. The maximum atomic E-state index is 12.3. The third-order valence-corrected chi connectivity index (χ3v) is 4.47. The molecule has 0 spiro atoms. The number of nitrogens with zero attached hydrogens (tertiary/aromatic N) is 2. The summed E-state index contributed by atoms with van der Waals surface area (Å²) in [5.74, 6) is 0.411. The second-order valence-corrected chi connectivity index (χ2v) is 6.10. The van der Waals surface area contributed by atoms with Gasteiger partial charge in [-0.2, -0.15) is 0 Å².